The van der Waals surface area contributed by atoms with Crippen LogP contribution in [0.15, 0.2) is 36.4 Å². The number of hydrogen-bond acceptors (Lipinski definition) is 2. The Morgan fingerprint density at radius 2 is 2.10 bits per heavy atom. The van der Waals surface area contributed by atoms with Crippen molar-refractivity contribution in [3.63, 3.8) is 0 Å². The van der Waals surface area contributed by atoms with Gasteiger partial charge in [0.1, 0.15) is 17.7 Å². The number of ether oxygens (including phenoxy) is 1. The average molecular weight is 271 g/mol. The third-order valence-electron chi connectivity index (χ3n) is 3.69. The monoisotopic (exact) mass is 271 g/mol. The number of aryl methyl sites for hydroxylation is 2. The molecule has 2 nitrogen and oxygen atoms in total. The number of para-hydroxylation sites is 1. The van der Waals surface area contributed by atoms with Crippen molar-refractivity contribution < 1.29 is 9.13 Å². The van der Waals surface area contributed by atoms with Gasteiger partial charge in [-0.3, -0.25) is 0 Å². The summed E-state index contributed by atoms with van der Waals surface area (Å²) in [6, 6.07) is 11.3. The highest BCUT2D eigenvalue weighted by atomic mass is 19.1. The normalized spacial score (nSPS) is 16.6. The van der Waals surface area contributed by atoms with E-state index in [4.69, 9.17) is 4.74 Å². The highest BCUT2D eigenvalue weighted by Crippen LogP contribution is 2.30. The molecule has 0 saturated heterocycles. The Kier molecular flexibility index (Phi) is 3.35. The van der Waals surface area contributed by atoms with E-state index in [2.05, 4.69) is 24.4 Å². The minimum absolute atomic E-state index is 0.0609. The van der Waals surface area contributed by atoms with Gasteiger partial charge in [-0.1, -0.05) is 29.8 Å². The Morgan fingerprint density at radius 3 is 2.90 bits per heavy atom. The molecule has 2 aromatic carbocycles. The topological polar surface area (TPSA) is 21.3 Å². The maximum atomic E-state index is 13.7. The van der Waals surface area contributed by atoms with Gasteiger partial charge >= 0.3 is 0 Å². The second kappa shape index (κ2) is 5.16. The molecular weight excluding hydrogens is 253 g/mol. The molecule has 0 saturated carbocycles. The molecule has 1 heterocycles. The minimum atomic E-state index is -0.212. The van der Waals surface area contributed by atoms with Crippen molar-refractivity contribution in [1.29, 1.82) is 0 Å². The fraction of sp³-hybridized carbons (Fsp3) is 0.294. The van der Waals surface area contributed by atoms with E-state index >= 15 is 0 Å². The van der Waals surface area contributed by atoms with Crippen LogP contribution in [0.1, 0.15) is 16.7 Å². The molecular formula is C17H18FNO. The van der Waals surface area contributed by atoms with Gasteiger partial charge in [0.15, 0.2) is 0 Å². The molecule has 0 spiro atoms. The molecule has 1 unspecified atom stereocenters. The van der Waals surface area contributed by atoms with Crippen LogP contribution in [0.3, 0.4) is 0 Å². The van der Waals surface area contributed by atoms with Crippen molar-refractivity contribution in [2.45, 2.75) is 26.4 Å². The molecule has 0 aliphatic carbocycles. The highest BCUT2D eigenvalue weighted by Gasteiger charge is 2.22. The average Bonchev–Trinajstić information content (AvgIpc) is 2.80. The second-order valence-electron chi connectivity index (χ2n) is 5.37. The Balaban J connectivity index is 1.67. The Hall–Kier alpha value is -2.03. The Morgan fingerprint density at radius 1 is 1.25 bits per heavy atom. The van der Waals surface area contributed by atoms with Gasteiger partial charge in [-0.05, 0) is 37.1 Å². The lowest BCUT2D eigenvalue weighted by Crippen LogP contribution is -2.24. The number of fused-ring (bicyclic) bond motifs is 1. The summed E-state index contributed by atoms with van der Waals surface area (Å²) >= 11 is 0. The third kappa shape index (κ3) is 2.48. The van der Waals surface area contributed by atoms with Crippen molar-refractivity contribution >= 4 is 5.69 Å². The number of benzene rings is 2. The number of nitrogens with one attached hydrogen (secondary N) is 1. The van der Waals surface area contributed by atoms with E-state index in [0.717, 1.165) is 17.7 Å². The van der Waals surface area contributed by atoms with E-state index in [1.807, 2.05) is 19.1 Å². The largest absolute Gasteiger partial charge is 0.488 e. The van der Waals surface area contributed by atoms with Crippen LogP contribution < -0.4 is 10.1 Å². The van der Waals surface area contributed by atoms with Crippen LogP contribution >= 0.6 is 0 Å². The summed E-state index contributed by atoms with van der Waals surface area (Å²) in [6.45, 7) is 4.59. The molecule has 1 atom stereocenters. The van der Waals surface area contributed by atoms with Crippen molar-refractivity contribution in [1.82, 2.24) is 0 Å². The fourth-order valence-corrected chi connectivity index (χ4v) is 2.63. The highest BCUT2D eigenvalue weighted by molar-refractivity contribution is 5.52. The van der Waals surface area contributed by atoms with Crippen molar-refractivity contribution in [2.24, 2.45) is 0 Å². The molecule has 0 fully saturated rings. The first-order valence-electron chi connectivity index (χ1n) is 6.88. The van der Waals surface area contributed by atoms with E-state index in [0.29, 0.717) is 12.2 Å². The zero-order chi connectivity index (χ0) is 14.1. The first kappa shape index (κ1) is 13.0. The van der Waals surface area contributed by atoms with Gasteiger partial charge in [-0.2, -0.15) is 0 Å². The molecule has 1 N–H and O–H groups in total. The summed E-state index contributed by atoms with van der Waals surface area (Å²) in [5, 5.41) is 3.17. The summed E-state index contributed by atoms with van der Waals surface area (Å²) in [5.41, 5.74) is 3.97. The molecule has 3 rings (SSSR count). The maximum Gasteiger partial charge on any atom is 0.146 e. The van der Waals surface area contributed by atoms with E-state index in [1.54, 1.807) is 6.07 Å². The first-order valence-corrected chi connectivity index (χ1v) is 6.88. The molecule has 0 radical (unpaired) electrons. The van der Waals surface area contributed by atoms with Gasteiger partial charge < -0.3 is 10.1 Å². The molecule has 2 aromatic rings. The van der Waals surface area contributed by atoms with Crippen LogP contribution in [0.2, 0.25) is 0 Å². The lowest BCUT2D eigenvalue weighted by Gasteiger charge is -2.15. The summed E-state index contributed by atoms with van der Waals surface area (Å²) in [4.78, 5) is 0. The molecule has 3 heteroatoms. The Labute approximate surface area is 118 Å². The molecule has 0 aromatic heterocycles. The quantitative estimate of drug-likeness (QED) is 0.915. The van der Waals surface area contributed by atoms with Crippen LogP contribution in [-0.2, 0) is 6.42 Å². The Bertz CT molecular complexity index is 619. The van der Waals surface area contributed by atoms with Crippen LogP contribution in [0.25, 0.3) is 0 Å². The van der Waals surface area contributed by atoms with Gasteiger partial charge in [0.05, 0.1) is 12.2 Å². The lowest BCUT2D eigenvalue weighted by molar-refractivity contribution is 0.246. The van der Waals surface area contributed by atoms with Crippen molar-refractivity contribution in [3.8, 4) is 5.75 Å². The molecule has 1 aliphatic rings. The summed E-state index contributed by atoms with van der Waals surface area (Å²) < 4.78 is 19.6. The predicted octanol–water partition coefficient (Wildman–Crippen LogP) is 3.86. The van der Waals surface area contributed by atoms with E-state index in [1.165, 1.54) is 17.2 Å². The van der Waals surface area contributed by atoms with Crippen LogP contribution in [0.4, 0.5) is 10.1 Å². The lowest BCUT2D eigenvalue weighted by atomic mass is 10.1. The zero-order valence-corrected chi connectivity index (χ0v) is 11.7. The van der Waals surface area contributed by atoms with Crippen molar-refractivity contribution in [3.05, 3.63) is 58.9 Å². The predicted molar refractivity (Wildman–Crippen MR) is 78.9 cm³/mol. The molecule has 0 bridgehead atoms. The van der Waals surface area contributed by atoms with Crippen LogP contribution in [0, 0.1) is 19.7 Å². The summed E-state index contributed by atoms with van der Waals surface area (Å²) in [5.74, 6) is 0.740. The minimum Gasteiger partial charge on any atom is -0.488 e. The number of halogens is 1. The molecule has 20 heavy (non-hydrogen) atoms. The van der Waals surface area contributed by atoms with Crippen molar-refractivity contribution in [2.75, 3.05) is 11.9 Å². The van der Waals surface area contributed by atoms with Crippen LogP contribution in [-0.4, -0.2) is 12.6 Å². The van der Waals surface area contributed by atoms with Crippen LogP contribution in [0.5, 0.6) is 5.75 Å². The summed E-state index contributed by atoms with van der Waals surface area (Å²) in [7, 11) is 0. The zero-order valence-electron chi connectivity index (χ0n) is 11.7. The van der Waals surface area contributed by atoms with E-state index in [-0.39, 0.29) is 11.9 Å². The van der Waals surface area contributed by atoms with Gasteiger partial charge in [-0.15, -0.1) is 0 Å². The standard InChI is InChI=1S/C17H18FNO/c1-11-6-7-16-13(8-11)9-14(20-16)10-19-17-12(2)4-3-5-15(17)18/h3-8,14,19H,9-10H2,1-2H3. The number of hydrogen-bond donors (Lipinski definition) is 1. The first-order chi connectivity index (χ1) is 9.63. The van der Waals surface area contributed by atoms with Gasteiger partial charge in [-0.25, -0.2) is 4.39 Å². The van der Waals surface area contributed by atoms with E-state index in [9.17, 15) is 4.39 Å². The molecule has 0 amide bonds. The smallest absolute Gasteiger partial charge is 0.146 e. The maximum absolute atomic E-state index is 13.7. The molecule has 1 aliphatic heterocycles. The van der Waals surface area contributed by atoms with E-state index < -0.39 is 0 Å². The number of rotatable bonds is 3. The molecule has 104 valence electrons. The summed E-state index contributed by atoms with van der Waals surface area (Å²) in [6.07, 6.45) is 0.933. The fourth-order valence-electron chi connectivity index (χ4n) is 2.63. The van der Waals surface area contributed by atoms with Gasteiger partial charge in [0.2, 0.25) is 0 Å². The number of anilines is 1. The third-order valence-corrected chi connectivity index (χ3v) is 3.69. The van der Waals surface area contributed by atoms with Gasteiger partial charge in [0.25, 0.3) is 0 Å². The second-order valence-corrected chi connectivity index (χ2v) is 5.37. The van der Waals surface area contributed by atoms with Gasteiger partial charge in [0, 0.05) is 6.42 Å². The SMILES string of the molecule is Cc1ccc2c(c1)CC(CNc1c(C)cccc1F)O2.